The molecule has 1 N–H and O–H groups in total. The van der Waals surface area contributed by atoms with E-state index >= 15 is 0 Å². The van der Waals surface area contributed by atoms with Crippen LogP contribution in [0.15, 0.2) is 33.7 Å². The Kier molecular flexibility index (Phi) is 2.33. The van der Waals surface area contributed by atoms with Gasteiger partial charge >= 0.3 is 0 Å². The molecule has 1 aliphatic rings. The molecule has 2 rings (SSSR count). The Morgan fingerprint density at radius 2 is 2.07 bits per heavy atom. The Balaban J connectivity index is 2.29. The van der Waals surface area contributed by atoms with Gasteiger partial charge in [0.2, 0.25) is 5.90 Å². The quantitative estimate of drug-likeness (QED) is 0.834. The van der Waals surface area contributed by atoms with Crippen molar-refractivity contribution >= 4 is 21.8 Å². The van der Waals surface area contributed by atoms with Crippen LogP contribution in [0.5, 0.6) is 0 Å². The molecule has 0 saturated heterocycles. The minimum absolute atomic E-state index is 0.221. The number of aliphatic hydroxyl groups is 1. The molecule has 0 spiro atoms. The van der Waals surface area contributed by atoms with Crippen LogP contribution in [0.4, 0.5) is 0 Å². The van der Waals surface area contributed by atoms with Crippen LogP contribution in [0, 0.1) is 0 Å². The van der Waals surface area contributed by atoms with Crippen molar-refractivity contribution in [3.8, 4) is 0 Å². The zero-order valence-corrected chi connectivity index (χ0v) is 9.28. The van der Waals surface area contributed by atoms with Crippen molar-refractivity contribution in [2.24, 2.45) is 4.99 Å². The molecule has 3 nitrogen and oxygen atoms in total. The Morgan fingerprint density at radius 3 is 2.57 bits per heavy atom. The summed E-state index contributed by atoms with van der Waals surface area (Å²) in [5.74, 6) is 0.502. The summed E-state index contributed by atoms with van der Waals surface area (Å²) in [7, 11) is 0. The molecule has 4 heteroatoms. The van der Waals surface area contributed by atoms with Gasteiger partial charge in [0, 0.05) is 10.0 Å². The van der Waals surface area contributed by atoms with E-state index in [2.05, 4.69) is 20.9 Å². The Morgan fingerprint density at radius 1 is 1.43 bits per heavy atom. The molecule has 1 aromatic rings. The summed E-state index contributed by atoms with van der Waals surface area (Å²) in [5, 5.41) is 9.56. The smallest absolute Gasteiger partial charge is 0.219 e. The maximum Gasteiger partial charge on any atom is 0.219 e. The lowest BCUT2D eigenvalue weighted by Gasteiger charge is -2.06. The van der Waals surface area contributed by atoms with Crippen LogP contribution in [0.2, 0.25) is 0 Å². The minimum Gasteiger partial charge on any atom is -0.472 e. The number of benzene rings is 1. The summed E-state index contributed by atoms with van der Waals surface area (Å²) in [6.45, 7) is 1.84. The highest BCUT2D eigenvalue weighted by atomic mass is 79.9. The van der Waals surface area contributed by atoms with Gasteiger partial charge in [-0.05, 0) is 31.2 Å². The van der Waals surface area contributed by atoms with Crippen LogP contribution in [-0.4, -0.2) is 23.3 Å². The second kappa shape index (κ2) is 3.37. The molecule has 14 heavy (non-hydrogen) atoms. The zero-order valence-electron chi connectivity index (χ0n) is 7.70. The molecule has 0 fully saturated rings. The molecule has 0 amide bonds. The van der Waals surface area contributed by atoms with Gasteiger partial charge in [0.25, 0.3) is 0 Å². The lowest BCUT2D eigenvalue weighted by atomic mass is 10.2. The van der Waals surface area contributed by atoms with Crippen molar-refractivity contribution < 1.29 is 9.84 Å². The lowest BCUT2D eigenvalue weighted by molar-refractivity contribution is 0.0410. The maximum absolute atomic E-state index is 9.56. The predicted octanol–water partition coefficient (Wildman–Crippen LogP) is 1.93. The van der Waals surface area contributed by atoms with Gasteiger partial charge in [-0.1, -0.05) is 15.9 Å². The minimum atomic E-state index is -1.08. The highest BCUT2D eigenvalue weighted by Crippen LogP contribution is 2.19. The standard InChI is InChI=1S/C10H10BrNO2/c1-10(13)6-14-9(12-10)7-2-4-8(11)5-3-7/h2-5,13H,6H2,1H3/t10-/m0/s1. The molecule has 0 unspecified atom stereocenters. The fourth-order valence-electron chi connectivity index (χ4n) is 1.23. The molecule has 74 valence electrons. The van der Waals surface area contributed by atoms with Gasteiger partial charge < -0.3 is 9.84 Å². The second-order valence-corrected chi connectivity index (χ2v) is 4.35. The first kappa shape index (κ1) is 9.68. The molecule has 0 bridgehead atoms. The third-order valence-corrected chi connectivity index (χ3v) is 2.44. The molecule has 0 radical (unpaired) electrons. The van der Waals surface area contributed by atoms with E-state index in [1.807, 2.05) is 24.3 Å². The van der Waals surface area contributed by atoms with E-state index in [4.69, 9.17) is 4.74 Å². The van der Waals surface area contributed by atoms with Crippen LogP contribution < -0.4 is 0 Å². The molecule has 1 atom stereocenters. The van der Waals surface area contributed by atoms with Gasteiger partial charge in [0.15, 0.2) is 5.72 Å². The number of nitrogens with zero attached hydrogens (tertiary/aromatic N) is 1. The van der Waals surface area contributed by atoms with Gasteiger partial charge in [0.1, 0.15) is 6.61 Å². The average Bonchev–Trinajstić information content (AvgIpc) is 2.47. The first-order chi connectivity index (χ1) is 6.57. The van der Waals surface area contributed by atoms with Gasteiger partial charge in [-0.25, -0.2) is 4.99 Å². The fraction of sp³-hybridized carbons (Fsp3) is 0.300. The predicted molar refractivity (Wildman–Crippen MR) is 57.3 cm³/mol. The van der Waals surface area contributed by atoms with E-state index in [0.717, 1.165) is 10.0 Å². The normalized spacial score (nSPS) is 25.8. The monoisotopic (exact) mass is 255 g/mol. The van der Waals surface area contributed by atoms with Crippen LogP contribution in [0.25, 0.3) is 0 Å². The van der Waals surface area contributed by atoms with E-state index in [1.165, 1.54) is 0 Å². The first-order valence-electron chi connectivity index (χ1n) is 4.28. The molecule has 0 aliphatic carbocycles. The number of rotatable bonds is 1. The highest BCUT2D eigenvalue weighted by molar-refractivity contribution is 9.10. The third kappa shape index (κ3) is 1.96. The van der Waals surface area contributed by atoms with E-state index in [-0.39, 0.29) is 6.61 Å². The van der Waals surface area contributed by atoms with E-state index in [9.17, 15) is 5.11 Å². The largest absolute Gasteiger partial charge is 0.472 e. The van der Waals surface area contributed by atoms with Crippen molar-refractivity contribution in [1.82, 2.24) is 0 Å². The number of hydrogen-bond acceptors (Lipinski definition) is 3. The van der Waals surface area contributed by atoms with E-state index in [0.29, 0.717) is 5.90 Å². The molecule has 0 saturated carbocycles. The molecule has 1 aliphatic heterocycles. The molecule has 0 aromatic heterocycles. The lowest BCUT2D eigenvalue weighted by Crippen LogP contribution is -2.21. The van der Waals surface area contributed by atoms with Crippen molar-refractivity contribution in [1.29, 1.82) is 0 Å². The number of halogens is 1. The summed E-state index contributed by atoms with van der Waals surface area (Å²) in [4.78, 5) is 4.06. The van der Waals surface area contributed by atoms with Crippen LogP contribution in [0.1, 0.15) is 12.5 Å². The summed E-state index contributed by atoms with van der Waals surface area (Å²) < 4.78 is 6.28. The fourth-order valence-corrected chi connectivity index (χ4v) is 1.49. The van der Waals surface area contributed by atoms with Crippen molar-refractivity contribution in [3.05, 3.63) is 34.3 Å². The third-order valence-electron chi connectivity index (χ3n) is 1.92. The Hall–Kier alpha value is -0.870. The van der Waals surface area contributed by atoms with Crippen molar-refractivity contribution in [3.63, 3.8) is 0 Å². The van der Waals surface area contributed by atoms with Gasteiger partial charge in [-0.2, -0.15) is 0 Å². The van der Waals surface area contributed by atoms with Gasteiger partial charge in [0.05, 0.1) is 0 Å². The van der Waals surface area contributed by atoms with Gasteiger partial charge in [-0.15, -0.1) is 0 Å². The van der Waals surface area contributed by atoms with Crippen molar-refractivity contribution in [2.45, 2.75) is 12.6 Å². The van der Waals surface area contributed by atoms with Crippen LogP contribution >= 0.6 is 15.9 Å². The summed E-state index contributed by atoms with van der Waals surface area (Å²) >= 11 is 3.35. The van der Waals surface area contributed by atoms with E-state index in [1.54, 1.807) is 6.92 Å². The van der Waals surface area contributed by atoms with E-state index < -0.39 is 5.72 Å². The highest BCUT2D eigenvalue weighted by Gasteiger charge is 2.28. The molecular formula is C10H10BrNO2. The first-order valence-corrected chi connectivity index (χ1v) is 5.07. The molecular weight excluding hydrogens is 246 g/mol. The number of hydrogen-bond donors (Lipinski definition) is 1. The van der Waals surface area contributed by atoms with Crippen LogP contribution in [-0.2, 0) is 4.74 Å². The average molecular weight is 256 g/mol. The SMILES string of the molecule is C[C@]1(O)COC(c2ccc(Br)cc2)=N1. The van der Waals surface area contributed by atoms with Gasteiger partial charge in [-0.3, -0.25) is 0 Å². The maximum atomic E-state index is 9.56. The number of aliphatic imine (C=N–C) groups is 1. The summed E-state index contributed by atoms with van der Waals surface area (Å²) in [6.07, 6.45) is 0. The Labute approximate surface area is 90.6 Å². The molecule has 1 aromatic carbocycles. The Bertz CT molecular complexity index is 370. The second-order valence-electron chi connectivity index (χ2n) is 3.43. The summed E-state index contributed by atoms with van der Waals surface area (Å²) in [5.41, 5.74) is -0.200. The van der Waals surface area contributed by atoms with Crippen molar-refractivity contribution in [2.75, 3.05) is 6.61 Å². The number of ether oxygens (including phenoxy) is 1. The topological polar surface area (TPSA) is 41.8 Å². The summed E-state index contributed by atoms with van der Waals surface area (Å²) in [6, 6.07) is 7.61. The molecule has 1 heterocycles. The zero-order chi connectivity index (χ0) is 10.2. The van der Waals surface area contributed by atoms with Crippen LogP contribution in [0.3, 0.4) is 0 Å².